The second-order valence-corrected chi connectivity index (χ2v) is 5.15. The normalized spacial score (nSPS) is 29.3. The lowest BCUT2D eigenvalue weighted by Crippen LogP contribution is -2.37. The number of benzene rings is 1. The van der Waals surface area contributed by atoms with Crippen molar-refractivity contribution >= 4 is 5.97 Å². The van der Waals surface area contributed by atoms with Crippen LogP contribution in [0.15, 0.2) is 24.3 Å². The van der Waals surface area contributed by atoms with Gasteiger partial charge in [0.05, 0.1) is 5.41 Å². The topological polar surface area (TPSA) is 26.3 Å². The Kier molecular flexibility index (Phi) is 3.74. The molecule has 0 radical (unpaired) electrons. The van der Waals surface area contributed by atoms with Crippen LogP contribution in [0.4, 0.5) is 0 Å². The Balaban J connectivity index is 0.000000574. The van der Waals surface area contributed by atoms with Crippen LogP contribution in [0.1, 0.15) is 52.0 Å². The fraction of sp³-hybridized carbons (Fsp3) is 0.562. The molecule has 0 amide bonds. The number of hydrogen-bond donors (Lipinski definition) is 0. The third-order valence-electron chi connectivity index (χ3n) is 4.12. The highest BCUT2D eigenvalue weighted by molar-refractivity contribution is 5.90. The number of esters is 1. The van der Waals surface area contributed by atoms with Gasteiger partial charge in [-0.3, -0.25) is 4.79 Å². The van der Waals surface area contributed by atoms with E-state index in [1.54, 1.807) is 0 Å². The van der Waals surface area contributed by atoms with Crippen LogP contribution in [0.3, 0.4) is 0 Å². The summed E-state index contributed by atoms with van der Waals surface area (Å²) in [5.74, 6) is 1.49. The number of rotatable bonds is 0. The first-order valence-corrected chi connectivity index (χ1v) is 7.04. The Morgan fingerprint density at radius 1 is 1.17 bits per heavy atom. The molecule has 2 aliphatic rings. The van der Waals surface area contributed by atoms with Crippen LogP contribution < -0.4 is 4.74 Å². The summed E-state index contributed by atoms with van der Waals surface area (Å²) in [6.07, 6.45) is 4.15. The Bertz CT molecular complexity index is 428. The average Bonchev–Trinajstić information content (AvgIpc) is 2.69. The first-order valence-electron chi connectivity index (χ1n) is 7.04. The van der Waals surface area contributed by atoms with E-state index in [9.17, 15) is 4.79 Å². The summed E-state index contributed by atoms with van der Waals surface area (Å²) in [5, 5.41) is 0. The maximum Gasteiger partial charge on any atom is 0.322 e. The Morgan fingerprint density at radius 3 is 2.44 bits per heavy atom. The van der Waals surface area contributed by atoms with E-state index in [4.69, 9.17) is 4.74 Å². The van der Waals surface area contributed by atoms with E-state index in [2.05, 4.69) is 13.0 Å². The zero-order valence-electron chi connectivity index (χ0n) is 11.5. The molecule has 1 aromatic carbocycles. The number of fused-ring (bicyclic) bond motifs is 2. The quantitative estimate of drug-likeness (QED) is 0.509. The molecule has 18 heavy (non-hydrogen) atoms. The number of ether oxygens (including phenoxy) is 1. The van der Waals surface area contributed by atoms with Gasteiger partial charge in [-0.1, -0.05) is 39.0 Å². The minimum absolute atomic E-state index is 0.0272. The van der Waals surface area contributed by atoms with E-state index < -0.39 is 0 Å². The summed E-state index contributed by atoms with van der Waals surface area (Å²) in [7, 11) is 0. The minimum Gasteiger partial charge on any atom is -0.426 e. The van der Waals surface area contributed by atoms with E-state index in [1.807, 2.05) is 32.0 Å². The molecule has 98 valence electrons. The van der Waals surface area contributed by atoms with Crippen molar-refractivity contribution in [2.45, 2.75) is 51.9 Å². The number of hydrogen-bond acceptors (Lipinski definition) is 2. The van der Waals surface area contributed by atoms with Gasteiger partial charge in [-0.05, 0) is 37.7 Å². The highest BCUT2D eigenvalue weighted by Crippen LogP contribution is 2.49. The van der Waals surface area contributed by atoms with Gasteiger partial charge >= 0.3 is 5.97 Å². The van der Waals surface area contributed by atoms with E-state index in [0.717, 1.165) is 42.9 Å². The first-order chi connectivity index (χ1) is 8.72. The second kappa shape index (κ2) is 5.13. The highest BCUT2D eigenvalue weighted by Gasteiger charge is 2.49. The van der Waals surface area contributed by atoms with E-state index in [-0.39, 0.29) is 11.4 Å². The zero-order valence-corrected chi connectivity index (χ0v) is 11.5. The molecule has 0 atom stereocenters. The molecule has 1 aliphatic carbocycles. The van der Waals surface area contributed by atoms with Crippen LogP contribution in [-0.2, 0) is 10.2 Å². The van der Waals surface area contributed by atoms with Crippen LogP contribution in [0, 0.1) is 5.92 Å². The number of carbonyl (C=O) groups is 1. The average molecular weight is 246 g/mol. The van der Waals surface area contributed by atoms with E-state index >= 15 is 0 Å². The molecule has 0 N–H and O–H groups in total. The minimum atomic E-state index is -0.316. The lowest BCUT2D eigenvalue weighted by Gasteiger charge is -2.33. The molecule has 0 aromatic heterocycles. The van der Waals surface area contributed by atoms with Gasteiger partial charge in [-0.25, -0.2) is 0 Å². The molecule has 0 bridgehead atoms. The monoisotopic (exact) mass is 246 g/mol. The van der Waals surface area contributed by atoms with Crippen molar-refractivity contribution in [2.75, 3.05) is 0 Å². The van der Waals surface area contributed by atoms with Gasteiger partial charge in [0.2, 0.25) is 0 Å². The van der Waals surface area contributed by atoms with Crippen molar-refractivity contribution < 1.29 is 9.53 Å². The molecule has 1 spiro atoms. The first kappa shape index (κ1) is 13.1. The Labute approximate surface area is 109 Å². The van der Waals surface area contributed by atoms with Crippen molar-refractivity contribution in [3.05, 3.63) is 29.8 Å². The lowest BCUT2D eigenvalue weighted by molar-refractivity contribution is -0.139. The largest absolute Gasteiger partial charge is 0.426 e. The maximum atomic E-state index is 12.1. The van der Waals surface area contributed by atoms with Crippen molar-refractivity contribution in [3.8, 4) is 5.75 Å². The van der Waals surface area contributed by atoms with Crippen LogP contribution >= 0.6 is 0 Å². The van der Waals surface area contributed by atoms with Crippen molar-refractivity contribution in [2.24, 2.45) is 5.92 Å². The molecule has 1 heterocycles. The molecule has 1 fully saturated rings. The molecular formula is C16H22O2. The fourth-order valence-corrected chi connectivity index (χ4v) is 2.99. The molecular weight excluding hydrogens is 224 g/mol. The molecule has 1 aromatic rings. The van der Waals surface area contributed by atoms with Crippen molar-refractivity contribution in [3.63, 3.8) is 0 Å². The van der Waals surface area contributed by atoms with Crippen molar-refractivity contribution in [1.82, 2.24) is 0 Å². The summed E-state index contributed by atoms with van der Waals surface area (Å²) in [5.41, 5.74) is 0.801. The molecule has 2 nitrogen and oxygen atoms in total. The molecule has 0 unspecified atom stereocenters. The van der Waals surface area contributed by atoms with Gasteiger partial charge in [0.1, 0.15) is 5.75 Å². The summed E-state index contributed by atoms with van der Waals surface area (Å²) < 4.78 is 5.40. The van der Waals surface area contributed by atoms with Gasteiger partial charge < -0.3 is 4.74 Å². The van der Waals surface area contributed by atoms with Crippen LogP contribution in [-0.4, -0.2) is 5.97 Å². The van der Waals surface area contributed by atoms with Gasteiger partial charge in [0.25, 0.3) is 0 Å². The Hall–Kier alpha value is -1.31. The van der Waals surface area contributed by atoms with Crippen LogP contribution in [0.5, 0.6) is 5.75 Å². The summed E-state index contributed by atoms with van der Waals surface area (Å²) in [6.45, 7) is 6.26. The predicted molar refractivity (Wildman–Crippen MR) is 72.7 cm³/mol. The zero-order chi connectivity index (χ0) is 13.2. The highest BCUT2D eigenvalue weighted by atomic mass is 16.5. The third-order valence-corrected chi connectivity index (χ3v) is 4.12. The molecule has 3 rings (SSSR count). The molecule has 1 saturated carbocycles. The molecule has 1 aliphatic heterocycles. The maximum absolute atomic E-state index is 12.1. The van der Waals surface area contributed by atoms with Crippen LogP contribution in [0.2, 0.25) is 0 Å². The third kappa shape index (κ3) is 1.94. The van der Waals surface area contributed by atoms with E-state index in [1.165, 1.54) is 0 Å². The van der Waals surface area contributed by atoms with Gasteiger partial charge in [-0.15, -0.1) is 0 Å². The number of carbonyl (C=O) groups excluding carboxylic acids is 1. The fourth-order valence-electron chi connectivity index (χ4n) is 2.99. The summed E-state index contributed by atoms with van der Waals surface area (Å²) in [4.78, 5) is 12.1. The molecule has 0 saturated heterocycles. The Morgan fingerprint density at radius 2 is 1.78 bits per heavy atom. The lowest BCUT2D eigenvalue weighted by atomic mass is 9.68. The van der Waals surface area contributed by atoms with E-state index in [0.29, 0.717) is 0 Å². The van der Waals surface area contributed by atoms with Crippen molar-refractivity contribution in [1.29, 1.82) is 0 Å². The smallest absolute Gasteiger partial charge is 0.322 e. The summed E-state index contributed by atoms with van der Waals surface area (Å²) in [6, 6.07) is 7.88. The second-order valence-electron chi connectivity index (χ2n) is 5.15. The standard InChI is InChI=1S/C14H16O2.C2H6/c1-10-6-8-14(9-7-10)11-4-2-3-5-12(11)16-13(14)15;1-2/h2-5,10H,6-9H2,1H3;1-2H3. The molecule has 2 heteroatoms. The number of para-hydroxylation sites is 1. The van der Waals surface area contributed by atoms with Gasteiger partial charge in [0, 0.05) is 5.56 Å². The predicted octanol–water partition coefficient (Wildman–Crippen LogP) is 4.08. The van der Waals surface area contributed by atoms with Gasteiger partial charge in [0.15, 0.2) is 0 Å². The van der Waals surface area contributed by atoms with Crippen LogP contribution in [0.25, 0.3) is 0 Å². The SMILES string of the molecule is CC.CC1CCC2(CC1)C(=O)Oc1ccccc12. The van der Waals surface area contributed by atoms with Gasteiger partial charge in [-0.2, -0.15) is 0 Å². The summed E-state index contributed by atoms with van der Waals surface area (Å²) >= 11 is 0.